The lowest BCUT2D eigenvalue weighted by Gasteiger charge is -2.45. The van der Waals surface area contributed by atoms with Crippen molar-refractivity contribution in [3.63, 3.8) is 0 Å². The number of hydrogen-bond donors (Lipinski definition) is 0. The van der Waals surface area contributed by atoms with E-state index in [4.69, 9.17) is 18.9 Å². The Morgan fingerprint density at radius 3 is 2.25 bits per heavy atom. The lowest BCUT2D eigenvalue weighted by Crippen LogP contribution is -2.58. The minimum Gasteiger partial charge on any atom is -0.369 e. The molecule has 0 amide bonds. The van der Waals surface area contributed by atoms with Crippen molar-refractivity contribution in [3.8, 4) is 0 Å². The van der Waals surface area contributed by atoms with Gasteiger partial charge < -0.3 is 18.9 Å². The molecule has 0 bridgehead atoms. The van der Waals surface area contributed by atoms with Crippen LogP contribution in [0.1, 0.15) is 27.7 Å². The van der Waals surface area contributed by atoms with Crippen LogP contribution in [0, 0.1) is 0 Å². The van der Waals surface area contributed by atoms with Gasteiger partial charge in [-0.15, -0.1) is 6.58 Å². The molecular formula is C15H27NO4. The van der Waals surface area contributed by atoms with Gasteiger partial charge in [0.1, 0.15) is 6.23 Å². The number of rotatable bonds is 4. The minimum atomic E-state index is -0.498. The van der Waals surface area contributed by atoms with Crippen molar-refractivity contribution in [2.24, 2.45) is 0 Å². The monoisotopic (exact) mass is 285 g/mol. The Labute approximate surface area is 121 Å². The van der Waals surface area contributed by atoms with Crippen molar-refractivity contribution < 1.29 is 18.9 Å². The number of hydrogen-bond acceptors (Lipinski definition) is 5. The van der Waals surface area contributed by atoms with Crippen LogP contribution >= 0.6 is 0 Å². The Hall–Kier alpha value is -0.460. The molecule has 2 heterocycles. The van der Waals surface area contributed by atoms with Crippen molar-refractivity contribution in [1.82, 2.24) is 4.90 Å². The molecule has 5 nitrogen and oxygen atoms in total. The van der Waals surface area contributed by atoms with E-state index in [-0.39, 0.29) is 17.9 Å². The molecule has 0 aromatic heterocycles. The van der Waals surface area contributed by atoms with E-state index in [1.54, 1.807) is 0 Å². The zero-order chi connectivity index (χ0) is 14.8. The van der Waals surface area contributed by atoms with Gasteiger partial charge in [0.2, 0.25) is 0 Å². The van der Waals surface area contributed by atoms with Crippen LogP contribution in [0.2, 0.25) is 0 Å². The Morgan fingerprint density at radius 2 is 1.75 bits per heavy atom. The summed E-state index contributed by atoms with van der Waals surface area (Å²) in [5, 5.41) is 0. The Bertz CT molecular complexity index is 295. The Balaban J connectivity index is 1.95. The maximum Gasteiger partial charge on any atom is 0.162 e. The highest BCUT2D eigenvalue weighted by atomic mass is 16.7. The summed E-state index contributed by atoms with van der Waals surface area (Å²) in [4.78, 5) is 2.21. The zero-order valence-electron chi connectivity index (χ0n) is 13.1. The van der Waals surface area contributed by atoms with Crippen LogP contribution in [0.25, 0.3) is 0 Å². The third-order valence-corrected chi connectivity index (χ3v) is 3.67. The molecule has 0 aliphatic carbocycles. The molecule has 2 aliphatic rings. The summed E-state index contributed by atoms with van der Waals surface area (Å²) in [7, 11) is 0. The van der Waals surface area contributed by atoms with Gasteiger partial charge in [-0.05, 0) is 27.7 Å². The molecule has 116 valence electrons. The minimum absolute atomic E-state index is 0.0700. The third-order valence-electron chi connectivity index (χ3n) is 3.67. The highest BCUT2D eigenvalue weighted by molar-refractivity contribution is 4.86. The predicted octanol–water partition coefficient (Wildman–Crippen LogP) is 1.78. The molecule has 1 atom stereocenters. The fourth-order valence-corrected chi connectivity index (χ4v) is 2.40. The molecular weight excluding hydrogens is 258 g/mol. The molecule has 5 heteroatoms. The van der Waals surface area contributed by atoms with E-state index in [9.17, 15) is 0 Å². The van der Waals surface area contributed by atoms with E-state index < -0.39 is 5.79 Å². The molecule has 0 aromatic rings. The molecule has 2 rings (SSSR count). The molecule has 2 fully saturated rings. The average Bonchev–Trinajstić information content (AvgIpc) is 2.37. The van der Waals surface area contributed by atoms with E-state index >= 15 is 0 Å². The zero-order valence-corrected chi connectivity index (χ0v) is 13.1. The van der Waals surface area contributed by atoms with E-state index in [0.29, 0.717) is 26.4 Å². The van der Waals surface area contributed by atoms with Crippen LogP contribution in [0.15, 0.2) is 12.7 Å². The van der Waals surface area contributed by atoms with Gasteiger partial charge in [0.25, 0.3) is 0 Å². The maximum atomic E-state index is 5.96. The molecule has 0 radical (unpaired) electrons. The summed E-state index contributed by atoms with van der Waals surface area (Å²) < 4.78 is 23.3. The van der Waals surface area contributed by atoms with Crippen molar-refractivity contribution in [2.75, 3.05) is 33.0 Å². The largest absolute Gasteiger partial charge is 0.369 e. The lowest BCUT2D eigenvalue weighted by molar-refractivity contribution is -0.284. The van der Waals surface area contributed by atoms with Crippen LogP contribution in [0.4, 0.5) is 0 Å². The fraction of sp³-hybridized carbons (Fsp3) is 0.867. The molecule has 20 heavy (non-hydrogen) atoms. The molecule has 1 unspecified atom stereocenters. The average molecular weight is 285 g/mol. The molecule has 2 saturated heterocycles. The van der Waals surface area contributed by atoms with Gasteiger partial charge in [0.15, 0.2) is 5.79 Å². The van der Waals surface area contributed by atoms with E-state index in [2.05, 4.69) is 11.5 Å². The quantitative estimate of drug-likeness (QED) is 0.736. The van der Waals surface area contributed by atoms with Gasteiger partial charge in [-0.2, -0.15) is 0 Å². The third kappa shape index (κ3) is 4.02. The first kappa shape index (κ1) is 15.9. The van der Waals surface area contributed by atoms with E-state index in [1.165, 1.54) is 0 Å². The standard InChI is InChI=1S/C15H27NO4/c1-6-7-16(12-8-19-15(4,5)20-9-12)13-10-18-14(2,3)11-17-13/h6,12-13H,1,7-11H2,2-5H3. The normalized spacial score (nSPS) is 30.4. The Kier molecular flexibility index (Phi) is 4.87. The van der Waals surface area contributed by atoms with E-state index in [0.717, 1.165) is 6.54 Å². The summed E-state index contributed by atoms with van der Waals surface area (Å²) in [5.74, 6) is -0.498. The first-order valence-corrected chi connectivity index (χ1v) is 7.23. The van der Waals surface area contributed by atoms with Crippen molar-refractivity contribution in [1.29, 1.82) is 0 Å². The molecule has 0 aromatic carbocycles. The molecule has 0 spiro atoms. The first-order chi connectivity index (χ1) is 9.33. The second kappa shape index (κ2) is 6.12. The van der Waals surface area contributed by atoms with Gasteiger partial charge in [0.05, 0.1) is 38.1 Å². The molecule has 0 N–H and O–H groups in total. The van der Waals surface area contributed by atoms with Crippen molar-refractivity contribution >= 4 is 0 Å². The van der Waals surface area contributed by atoms with Crippen LogP contribution in [0.5, 0.6) is 0 Å². The summed E-state index contributed by atoms with van der Waals surface area (Å²) in [6.07, 6.45) is 1.81. The smallest absolute Gasteiger partial charge is 0.162 e. The summed E-state index contributed by atoms with van der Waals surface area (Å²) in [6.45, 7) is 14.9. The SMILES string of the molecule is C=CCN(C1COC(C)(C)OC1)C1COC(C)(C)CO1. The summed E-state index contributed by atoms with van der Waals surface area (Å²) >= 11 is 0. The molecule has 2 aliphatic heterocycles. The van der Waals surface area contributed by atoms with Crippen LogP contribution in [0.3, 0.4) is 0 Å². The van der Waals surface area contributed by atoms with Crippen LogP contribution in [-0.4, -0.2) is 61.5 Å². The fourth-order valence-electron chi connectivity index (χ4n) is 2.40. The van der Waals surface area contributed by atoms with Crippen molar-refractivity contribution in [2.45, 2.75) is 51.4 Å². The van der Waals surface area contributed by atoms with Crippen molar-refractivity contribution in [3.05, 3.63) is 12.7 Å². The summed E-state index contributed by atoms with van der Waals surface area (Å²) in [5.41, 5.74) is -0.210. The number of ether oxygens (including phenoxy) is 4. The van der Waals surface area contributed by atoms with Gasteiger partial charge in [-0.25, -0.2) is 0 Å². The second-order valence-electron chi connectivity index (χ2n) is 6.50. The molecule has 0 saturated carbocycles. The predicted molar refractivity (Wildman–Crippen MR) is 76.4 cm³/mol. The van der Waals surface area contributed by atoms with Gasteiger partial charge >= 0.3 is 0 Å². The topological polar surface area (TPSA) is 40.2 Å². The van der Waals surface area contributed by atoms with Gasteiger partial charge in [-0.1, -0.05) is 6.08 Å². The highest BCUT2D eigenvalue weighted by Crippen LogP contribution is 2.25. The number of nitrogens with zero attached hydrogens (tertiary/aromatic N) is 1. The maximum absolute atomic E-state index is 5.96. The highest BCUT2D eigenvalue weighted by Gasteiger charge is 2.37. The Morgan fingerprint density at radius 1 is 1.10 bits per heavy atom. The van der Waals surface area contributed by atoms with Crippen LogP contribution in [-0.2, 0) is 18.9 Å². The van der Waals surface area contributed by atoms with Crippen LogP contribution < -0.4 is 0 Å². The lowest BCUT2D eigenvalue weighted by atomic mass is 10.1. The second-order valence-corrected chi connectivity index (χ2v) is 6.50. The summed E-state index contributed by atoms with van der Waals surface area (Å²) in [6, 6.07) is 0.163. The van der Waals surface area contributed by atoms with Gasteiger partial charge in [0, 0.05) is 6.54 Å². The first-order valence-electron chi connectivity index (χ1n) is 7.23. The van der Waals surface area contributed by atoms with Gasteiger partial charge in [-0.3, -0.25) is 4.90 Å². The van der Waals surface area contributed by atoms with E-state index in [1.807, 2.05) is 33.8 Å².